The first-order valence-corrected chi connectivity index (χ1v) is 9.37. The topological polar surface area (TPSA) is 58.2 Å². The second-order valence-corrected chi connectivity index (χ2v) is 7.27. The molecule has 1 aliphatic carbocycles. The Morgan fingerprint density at radius 1 is 0.960 bits per heavy atom. The zero-order valence-electron chi connectivity index (χ0n) is 13.9. The molecular formula is C20H21BrN2O2. The molecule has 1 aliphatic rings. The Morgan fingerprint density at radius 2 is 1.64 bits per heavy atom. The van der Waals surface area contributed by atoms with Crippen LogP contribution >= 0.6 is 15.9 Å². The normalized spacial score (nSPS) is 14.3. The van der Waals surface area contributed by atoms with Gasteiger partial charge < -0.3 is 10.6 Å². The van der Waals surface area contributed by atoms with E-state index in [1.54, 1.807) is 18.2 Å². The van der Waals surface area contributed by atoms with Crippen molar-refractivity contribution in [3.63, 3.8) is 0 Å². The van der Waals surface area contributed by atoms with E-state index in [9.17, 15) is 9.59 Å². The van der Waals surface area contributed by atoms with Gasteiger partial charge in [-0.1, -0.05) is 31.0 Å². The molecule has 2 aromatic rings. The largest absolute Gasteiger partial charge is 0.326 e. The fourth-order valence-electron chi connectivity index (χ4n) is 3.21. The number of carbonyl (C=O) groups excluding carboxylic acids is 2. The van der Waals surface area contributed by atoms with Crippen LogP contribution in [0.2, 0.25) is 0 Å². The molecule has 0 spiro atoms. The van der Waals surface area contributed by atoms with Crippen LogP contribution in [0.25, 0.3) is 0 Å². The average molecular weight is 401 g/mol. The van der Waals surface area contributed by atoms with Gasteiger partial charge in [-0.3, -0.25) is 9.59 Å². The van der Waals surface area contributed by atoms with E-state index in [4.69, 9.17) is 0 Å². The first-order valence-electron chi connectivity index (χ1n) is 8.57. The zero-order chi connectivity index (χ0) is 17.6. The van der Waals surface area contributed by atoms with Crippen LogP contribution in [0, 0.1) is 5.92 Å². The fraction of sp³-hybridized carbons (Fsp3) is 0.300. The molecule has 1 saturated carbocycles. The molecule has 0 aliphatic heterocycles. The third-order valence-corrected chi connectivity index (χ3v) is 5.16. The Balaban J connectivity index is 1.62. The summed E-state index contributed by atoms with van der Waals surface area (Å²) in [5, 5.41) is 5.80. The number of hydrogen-bond donors (Lipinski definition) is 2. The van der Waals surface area contributed by atoms with Gasteiger partial charge in [0.15, 0.2) is 0 Å². The van der Waals surface area contributed by atoms with Crippen LogP contribution in [0.4, 0.5) is 11.4 Å². The molecule has 2 aromatic carbocycles. The lowest BCUT2D eigenvalue weighted by Crippen LogP contribution is -2.16. The van der Waals surface area contributed by atoms with Gasteiger partial charge in [0.05, 0.1) is 5.56 Å². The Hall–Kier alpha value is -2.14. The van der Waals surface area contributed by atoms with E-state index >= 15 is 0 Å². The van der Waals surface area contributed by atoms with Crippen molar-refractivity contribution in [2.24, 2.45) is 5.92 Å². The summed E-state index contributed by atoms with van der Waals surface area (Å²) < 4.78 is 0.744. The Kier molecular flexibility index (Phi) is 5.87. The van der Waals surface area contributed by atoms with Gasteiger partial charge in [0.25, 0.3) is 5.91 Å². The standard InChI is InChI=1S/C20H21BrN2O2/c21-18-11-4-3-10-17(18)20(25)23-16-9-5-8-15(13-16)22-19(24)12-14-6-1-2-7-14/h3-5,8-11,13-14H,1-2,6-7,12H2,(H,22,24)(H,23,25). The third kappa shape index (κ3) is 4.92. The van der Waals surface area contributed by atoms with Crippen LogP contribution < -0.4 is 10.6 Å². The monoisotopic (exact) mass is 400 g/mol. The lowest BCUT2D eigenvalue weighted by molar-refractivity contribution is -0.117. The van der Waals surface area contributed by atoms with E-state index < -0.39 is 0 Å². The number of amides is 2. The minimum atomic E-state index is -0.193. The number of halogens is 1. The molecule has 1 fully saturated rings. The first-order chi connectivity index (χ1) is 12.1. The van der Waals surface area contributed by atoms with Gasteiger partial charge in [0.2, 0.25) is 5.91 Å². The highest BCUT2D eigenvalue weighted by Gasteiger charge is 2.18. The van der Waals surface area contributed by atoms with Gasteiger partial charge in [0, 0.05) is 22.3 Å². The maximum Gasteiger partial charge on any atom is 0.256 e. The second kappa shape index (κ2) is 8.30. The average Bonchev–Trinajstić information content (AvgIpc) is 3.08. The highest BCUT2D eigenvalue weighted by Crippen LogP contribution is 2.28. The summed E-state index contributed by atoms with van der Waals surface area (Å²) in [5.41, 5.74) is 1.92. The summed E-state index contributed by atoms with van der Waals surface area (Å²) in [6.45, 7) is 0. The number of nitrogens with one attached hydrogen (secondary N) is 2. The molecule has 2 N–H and O–H groups in total. The minimum absolute atomic E-state index is 0.0428. The maximum atomic E-state index is 12.4. The summed E-state index contributed by atoms with van der Waals surface area (Å²) in [5.74, 6) is 0.362. The van der Waals surface area contributed by atoms with Crippen molar-refractivity contribution >= 4 is 39.1 Å². The molecule has 2 amide bonds. The number of carbonyl (C=O) groups is 2. The zero-order valence-corrected chi connectivity index (χ0v) is 15.5. The number of benzene rings is 2. The van der Waals surface area contributed by atoms with Crippen LogP contribution in [-0.2, 0) is 4.79 Å². The molecule has 0 unspecified atom stereocenters. The summed E-state index contributed by atoms with van der Waals surface area (Å²) >= 11 is 3.38. The SMILES string of the molecule is O=C(CC1CCCC1)Nc1cccc(NC(=O)c2ccccc2Br)c1. The molecule has 4 nitrogen and oxygen atoms in total. The Labute approximate surface area is 156 Å². The van der Waals surface area contributed by atoms with Crippen molar-refractivity contribution in [2.75, 3.05) is 10.6 Å². The third-order valence-electron chi connectivity index (χ3n) is 4.47. The molecule has 130 valence electrons. The summed E-state index contributed by atoms with van der Waals surface area (Å²) in [4.78, 5) is 24.5. The van der Waals surface area contributed by atoms with Crippen molar-refractivity contribution in [1.82, 2.24) is 0 Å². The Bertz CT molecular complexity index is 770. The van der Waals surface area contributed by atoms with Crippen molar-refractivity contribution in [1.29, 1.82) is 0 Å². The lowest BCUT2D eigenvalue weighted by atomic mass is 10.0. The van der Waals surface area contributed by atoms with E-state index in [2.05, 4.69) is 26.6 Å². The highest BCUT2D eigenvalue weighted by atomic mass is 79.9. The summed E-state index contributed by atoms with van der Waals surface area (Å²) in [7, 11) is 0. The molecular weight excluding hydrogens is 380 g/mol. The van der Waals surface area contributed by atoms with E-state index in [0.29, 0.717) is 29.3 Å². The Morgan fingerprint density at radius 3 is 2.36 bits per heavy atom. The molecule has 0 atom stereocenters. The van der Waals surface area contributed by atoms with Crippen LogP contribution in [0.5, 0.6) is 0 Å². The van der Waals surface area contributed by atoms with Crippen LogP contribution in [0.15, 0.2) is 53.0 Å². The smallest absolute Gasteiger partial charge is 0.256 e. The molecule has 0 radical (unpaired) electrons. The van der Waals surface area contributed by atoms with Gasteiger partial charge >= 0.3 is 0 Å². The van der Waals surface area contributed by atoms with Crippen molar-refractivity contribution in [3.8, 4) is 0 Å². The van der Waals surface area contributed by atoms with E-state index in [-0.39, 0.29) is 11.8 Å². The predicted octanol–water partition coefficient (Wildman–Crippen LogP) is 5.22. The van der Waals surface area contributed by atoms with E-state index in [1.165, 1.54) is 12.8 Å². The molecule has 3 rings (SSSR count). The van der Waals surface area contributed by atoms with E-state index in [1.807, 2.05) is 30.3 Å². The quantitative estimate of drug-likeness (QED) is 0.722. The van der Waals surface area contributed by atoms with Crippen molar-refractivity contribution in [3.05, 3.63) is 58.6 Å². The molecule has 0 saturated heterocycles. The molecule has 0 bridgehead atoms. The fourth-order valence-corrected chi connectivity index (χ4v) is 3.67. The molecule has 25 heavy (non-hydrogen) atoms. The molecule has 5 heteroatoms. The minimum Gasteiger partial charge on any atom is -0.326 e. The summed E-state index contributed by atoms with van der Waals surface area (Å²) in [6, 6.07) is 14.5. The number of anilines is 2. The van der Waals surface area contributed by atoms with Gasteiger partial charge in [-0.05, 0) is 65.0 Å². The molecule has 0 aromatic heterocycles. The highest BCUT2D eigenvalue weighted by molar-refractivity contribution is 9.10. The first kappa shape index (κ1) is 17.7. The van der Waals surface area contributed by atoms with E-state index in [0.717, 1.165) is 17.3 Å². The lowest BCUT2D eigenvalue weighted by Gasteiger charge is -2.11. The number of rotatable bonds is 5. The van der Waals surface area contributed by atoms with Crippen molar-refractivity contribution < 1.29 is 9.59 Å². The van der Waals surface area contributed by atoms with Gasteiger partial charge in [0.1, 0.15) is 0 Å². The maximum absolute atomic E-state index is 12.4. The molecule has 0 heterocycles. The van der Waals surface area contributed by atoms with Crippen LogP contribution in [0.1, 0.15) is 42.5 Å². The second-order valence-electron chi connectivity index (χ2n) is 6.42. The van der Waals surface area contributed by atoms with Gasteiger partial charge in [-0.2, -0.15) is 0 Å². The van der Waals surface area contributed by atoms with Crippen LogP contribution in [0.3, 0.4) is 0 Å². The number of hydrogen-bond acceptors (Lipinski definition) is 2. The van der Waals surface area contributed by atoms with Gasteiger partial charge in [-0.25, -0.2) is 0 Å². The van der Waals surface area contributed by atoms with Crippen LogP contribution in [-0.4, -0.2) is 11.8 Å². The van der Waals surface area contributed by atoms with Gasteiger partial charge in [-0.15, -0.1) is 0 Å². The van der Waals surface area contributed by atoms with Crippen molar-refractivity contribution in [2.45, 2.75) is 32.1 Å². The summed E-state index contributed by atoms with van der Waals surface area (Å²) in [6.07, 6.45) is 5.33. The predicted molar refractivity (Wildman–Crippen MR) is 104 cm³/mol.